The van der Waals surface area contributed by atoms with Crippen molar-refractivity contribution in [3.63, 3.8) is 0 Å². The third kappa shape index (κ3) is 2.47. The van der Waals surface area contributed by atoms with Crippen molar-refractivity contribution in [1.29, 1.82) is 0 Å². The summed E-state index contributed by atoms with van der Waals surface area (Å²) < 4.78 is 2.41. The van der Waals surface area contributed by atoms with Gasteiger partial charge in [-0.25, -0.2) is 4.98 Å². The van der Waals surface area contributed by atoms with E-state index in [1.165, 1.54) is 28.3 Å². The van der Waals surface area contributed by atoms with Crippen molar-refractivity contribution < 1.29 is 4.92 Å². The molecule has 0 spiro atoms. The minimum atomic E-state index is -0.461. The molecule has 0 unspecified atom stereocenters. The molecule has 6 nitrogen and oxygen atoms in total. The van der Waals surface area contributed by atoms with Gasteiger partial charge < -0.3 is 0 Å². The Kier molecular flexibility index (Phi) is 3.56. The molecule has 0 aliphatic rings. The fourth-order valence-corrected chi connectivity index (χ4v) is 3.33. The van der Waals surface area contributed by atoms with E-state index >= 15 is 0 Å². The van der Waals surface area contributed by atoms with Crippen LogP contribution < -0.4 is 5.56 Å². The molecule has 0 saturated heterocycles. The first-order chi connectivity index (χ1) is 10.1. The van der Waals surface area contributed by atoms with Crippen molar-refractivity contribution in [2.24, 2.45) is 0 Å². The predicted octanol–water partition coefficient (Wildman–Crippen LogP) is 3.18. The fraction of sp³-hybridized carbons (Fsp3) is 0.0769. The normalized spacial score (nSPS) is 10.9. The monoisotopic (exact) mass is 365 g/mol. The van der Waals surface area contributed by atoms with E-state index in [4.69, 9.17) is 0 Å². The molecule has 0 saturated carbocycles. The van der Waals surface area contributed by atoms with E-state index in [0.29, 0.717) is 20.3 Å². The highest BCUT2D eigenvalue weighted by Gasteiger charge is 2.15. The van der Waals surface area contributed by atoms with Crippen molar-refractivity contribution in [2.75, 3.05) is 0 Å². The van der Waals surface area contributed by atoms with E-state index in [-0.39, 0.29) is 17.8 Å². The summed E-state index contributed by atoms with van der Waals surface area (Å²) in [5, 5.41) is 12.7. The van der Waals surface area contributed by atoms with Gasteiger partial charge in [-0.2, -0.15) is 0 Å². The maximum absolute atomic E-state index is 12.3. The van der Waals surface area contributed by atoms with Gasteiger partial charge in [0, 0.05) is 6.07 Å². The molecule has 0 aliphatic carbocycles. The number of nitro benzene ring substituents is 1. The van der Waals surface area contributed by atoms with E-state index in [2.05, 4.69) is 20.9 Å². The zero-order valence-corrected chi connectivity index (χ0v) is 12.9. The van der Waals surface area contributed by atoms with Crippen LogP contribution in [0.15, 0.2) is 45.2 Å². The molecule has 1 aromatic carbocycles. The number of nitro groups is 1. The lowest BCUT2D eigenvalue weighted by molar-refractivity contribution is -0.385. The van der Waals surface area contributed by atoms with Crippen LogP contribution in [-0.2, 0) is 6.54 Å². The molecule has 0 amide bonds. The lowest BCUT2D eigenvalue weighted by Gasteiger charge is -2.07. The van der Waals surface area contributed by atoms with Crippen LogP contribution in [0.25, 0.3) is 10.2 Å². The van der Waals surface area contributed by atoms with Crippen LogP contribution in [0.1, 0.15) is 5.56 Å². The van der Waals surface area contributed by atoms with E-state index in [0.717, 1.165) is 0 Å². The molecule has 2 heterocycles. The van der Waals surface area contributed by atoms with Crippen LogP contribution in [0.2, 0.25) is 0 Å². The van der Waals surface area contributed by atoms with Crippen molar-refractivity contribution in [1.82, 2.24) is 9.55 Å². The van der Waals surface area contributed by atoms with Crippen molar-refractivity contribution >= 4 is 43.2 Å². The second-order valence-corrected chi connectivity index (χ2v) is 6.03. The third-order valence-corrected chi connectivity index (χ3v) is 4.84. The molecule has 0 bridgehead atoms. The lowest BCUT2D eigenvalue weighted by atomic mass is 10.2. The molecular formula is C13H8BrN3O3S. The van der Waals surface area contributed by atoms with Gasteiger partial charge >= 0.3 is 0 Å². The number of halogens is 1. The van der Waals surface area contributed by atoms with Crippen LogP contribution in [0.5, 0.6) is 0 Å². The van der Waals surface area contributed by atoms with Gasteiger partial charge in [0.25, 0.3) is 11.2 Å². The molecule has 3 rings (SSSR count). The Morgan fingerprint density at radius 1 is 1.38 bits per heavy atom. The van der Waals surface area contributed by atoms with Gasteiger partial charge in [0.05, 0.1) is 23.3 Å². The Morgan fingerprint density at radius 3 is 2.95 bits per heavy atom. The largest absolute Gasteiger partial charge is 0.293 e. The number of hydrogen-bond donors (Lipinski definition) is 0. The summed E-state index contributed by atoms with van der Waals surface area (Å²) in [6, 6.07) is 6.54. The van der Waals surface area contributed by atoms with Crippen LogP contribution in [0.4, 0.5) is 5.69 Å². The molecule has 0 atom stereocenters. The van der Waals surface area contributed by atoms with Crippen molar-refractivity contribution in [3.05, 3.63) is 66.5 Å². The van der Waals surface area contributed by atoms with Gasteiger partial charge in [-0.1, -0.05) is 12.1 Å². The van der Waals surface area contributed by atoms with Crippen LogP contribution >= 0.6 is 27.3 Å². The Hall–Kier alpha value is -2.06. The summed E-state index contributed by atoms with van der Waals surface area (Å²) in [7, 11) is 0. The second-order valence-electron chi connectivity index (χ2n) is 4.32. The first-order valence-corrected chi connectivity index (χ1v) is 7.59. The topological polar surface area (TPSA) is 78.0 Å². The van der Waals surface area contributed by atoms with Gasteiger partial charge in [0.15, 0.2) is 0 Å². The average molecular weight is 366 g/mol. The van der Waals surface area contributed by atoms with Gasteiger partial charge in [-0.3, -0.25) is 19.5 Å². The number of rotatable bonds is 3. The van der Waals surface area contributed by atoms with Gasteiger partial charge in [-0.05, 0) is 32.9 Å². The van der Waals surface area contributed by atoms with Crippen LogP contribution in [0, 0.1) is 10.1 Å². The Bertz CT molecular complexity index is 903. The Balaban J connectivity index is 2.07. The minimum absolute atomic E-state index is 0.0225. The highest BCUT2D eigenvalue weighted by atomic mass is 79.9. The number of aromatic nitrogens is 2. The number of fused-ring (bicyclic) bond motifs is 1. The zero-order chi connectivity index (χ0) is 15.0. The van der Waals surface area contributed by atoms with E-state index in [9.17, 15) is 14.9 Å². The van der Waals surface area contributed by atoms with Crippen LogP contribution in [-0.4, -0.2) is 14.5 Å². The summed E-state index contributed by atoms with van der Waals surface area (Å²) in [6.45, 7) is 0.224. The SMILES string of the molecule is O=c1c2sccc2ncn1Cc1cccc([N+](=O)[O-])c1Br. The molecule has 0 N–H and O–H groups in total. The number of hydrogen-bond acceptors (Lipinski definition) is 5. The smallest absolute Gasteiger partial charge is 0.283 e. The summed E-state index contributed by atoms with van der Waals surface area (Å²) in [4.78, 5) is 27.0. The first kappa shape index (κ1) is 13.9. The third-order valence-electron chi connectivity index (χ3n) is 3.03. The summed E-state index contributed by atoms with van der Waals surface area (Å²) in [5.41, 5.74) is 1.16. The van der Waals surface area contributed by atoms with Gasteiger partial charge in [0.1, 0.15) is 9.17 Å². The molecule has 0 aliphatic heterocycles. The number of thiophene rings is 1. The summed E-state index contributed by atoms with van der Waals surface area (Å²) in [5.74, 6) is 0. The lowest BCUT2D eigenvalue weighted by Crippen LogP contribution is -2.20. The van der Waals surface area contributed by atoms with Crippen LogP contribution in [0.3, 0.4) is 0 Å². The number of nitrogens with zero attached hydrogens (tertiary/aromatic N) is 3. The standard InChI is InChI=1S/C13H8BrN3O3S/c14-11-8(2-1-3-10(11)17(19)20)6-16-7-15-9-4-5-21-12(9)13(16)18/h1-5,7H,6H2. The van der Waals surface area contributed by atoms with Crippen molar-refractivity contribution in [3.8, 4) is 0 Å². The van der Waals surface area contributed by atoms with Crippen molar-refractivity contribution in [2.45, 2.75) is 6.54 Å². The summed E-state index contributed by atoms with van der Waals surface area (Å²) in [6.07, 6.45) is 1.46. The molecule has 106 valence electrons. The zero-order valence-electron chi connectivity index (χ0n) is 10.5. The molecular weight excluding hydrogens is 358 g/mol. The van der Waals surface area contributed by atoms with Gasteiger partial charge in [0.2, 0.25) is 0 Å². The second kappa shape index (κ2) is 5.38. The molecule has 21 heavy (non-hydrogen) atoms. The van der Waals surface area contributed by atoms with E-state index in [1.807, 2.05) is 5.38 Å². The summed E-state index contributed by atoms with van der Waals surface area (Å²) >= 11 is 4.57. The highest BCUT2D eigenvalue weighted by Crippen LogP contribution is 2.28. The molecule has 8 heteroatoms. The Morgan fingerprint density at radius 2 is 2.19 bits per heavy atom. The first-order valence-electron chi connectivity index (χ1n) is 5.92. The number of benzene rings is 1. The van der Waals surface area contributed by atoms with E-state index < -0.39 is 4.92 Å². The minimum Gasteiger partial charge on any atom is -0.293 e. The Labute approximate surface area is 131 Å². The van der Waals surface area contributed by atoms with Gasteiger partial charge in [-0.15, -0.1) is 11.3 Å². The quantitative estimate of drug-likeness (QED) is 0.527. The molecule has 3 aromatic rings. The maximum Gasteiger partial charge on any atom is 0.283 e. The average Bonchev–Trinajstić information content (AvgIpc) is 2.93. The highest BCUT2D eigenvalue weighted by molar-refractivity contribution is 9.10. The maximum atomic E-state index is 12.3. The molecule has 0 radical (unpaired) electrons. The van der Waals surface area contributed by atoms with E-state index in [1.54, 1.807) is 18.2 Å². The predicted molar refractivity (Wildman–Crippen MR) is 83.8 cm³/mol. The molecule has 0 fully saturated rings. The molecule has 2 aromatic heterocycles. The fourth-order valence-electron chi connectivity index (χ4n) is 2.00.